The molecule has 1 N–H and O–H groups in total. The second-order valence-corrected chi connectivity index (χ2v) is 6.68. The third-order valence-corrected chi connectivity index (χ3v) is 4.99. The van der Waals surface area contributed by atoms with Crippen LogP contribution in [0.4, 0.5) is 4.79 Å². The van der Waals surface area contributed by atoms with Crippen LogP contribution in [0.2, 0.25) is 5.02 Å². The summed E-state index contributed by atoms with van der Waals surface area (Å²) in [5.74, 6) is 1.36. The number of benzene rings is 1. The molecule has 0 aliphatic carbocycles. The van der Waals surface area contributed by atoms with Crippen molar-refractivity contribution >= 4 is 17.6 Å². The minimum absolute atomic E-state index is 0.0722. The maximum absolute atomic E-state index is 11.9. The molecule has 0 saturated carbocycles. The van der Waals surface area contributed by atoms with E-state index in [0.29, 0.717) is 16.8 Å². The number of likely N-dealkylation sites (tertiary alicyclic amines) is 1. The summed E-state index contributed by atoms with van der Waals surface area (Å²) in [6, 6.07) is 4.32. The Balaban J connectivity index is 1.44. The second-order valence-electron chi connectivity index (χ2n) is 6.27. The summed E-state index contributed by atoms with van der Waals surface area (Å²) in [5.41, 5.74) is 1.12. The van der Waals surface area contributed by atoms with E-state index in [1.54, 1.807) is 0 Å². The molecule has 3 heterocycles. The summed E-state index contributed by atoms with van der Waals surface area (Å²) in [4.78, 5) is 16.2. The Hall–Kier alpha value is -1.66. The molecule has 3 aliphatic heterocycles. The highest BCUT2D eigenvalue weighted by atomic mass is 35.5. The van der Waals surface area contributed by atoms with Crippen molar-refractivity contribution in [1.82, 2.24) is 15.1 Å². The number of urea groups is 1. The van der Waals surface area contributed by atoms with Crippen LogP contribution in [0.5, 0.6) is 11.5 Å². The number of hydrogen-bond donors (Lipinski definition) is 1. The lowest BCUT2D eigenvalue weighted by molar-refractivity contribution is 0.122. The molecular weight excluding hydrogens is 318 g/mol. The van der Waals surface area contributed by atoms with Crippen LogP contribution in [0.3, 0.4) is 0 Å². The number of hydrogen-bond acceptors (Lipinski definition) is 4. The fourth-order valence-corrected chi connectivity index (χ4v) is 3.92. The van der Waals surface area contributed by atoms with Gasteiger partial charge in [-0.15, -0.1) is 0 Å². The van der Waals surface area contributed by atoms with Gasteiger partial charge in [-0.25, -0.2) is 4.79 Å². The Morgan fingerprint density at radius 1 is 1.30 bits per heavy atom. The van der Waals surface area contributed by atoms with Gasteiger partial charge >= 0.3 is 6.03 Å². The zero-order valence-corrected chi connectivity index (χ0v) is 13.6. The smallest absolute Gasteiger partial charge is 0.317 e. The van der Waals surface area contributed by atoms with E-state index in [-0.39, 0.29) is 12.8 Å². The number of rotatable bonds is 3. The average molecular weight is 338 g/mol. The molecule has 2 saturated heterocycles. The van der Waals surface area contributed by atoms with Crippen LogP contribution in [-0.2, 0) is 6.54 Å². The maximum Gasteiger partial charge on any atom is 0.317 e. The number of carbonyl (C=O) groups is 1. The number of fused-ring (bicyclic) bond motifs is 1. The van der Waals surface area contributed by atoms with Crippen molar-refractivity contribution in [1.29, 1.82) is 0 Å². The Morgan fingerprint density at radius 3 is 3.04 bits per heavy atom. The van der Waals surface area contributed by atoms with Crippen molar-refractivity contribution in [3.63, 3.8) is 0 Å². The van der Waals surface area contributed by atoms with Crippen LogP contribution in [0, 0.1) is 0 Å². The molecule has 1 atom stereocenters. The van der Waals surface area contributed by atoms with Gasteiger partial charge in [0.2, 0.25) is 6.79 Å². The van der Waals surface area contributed by atoms with Crippen molar-refractivity contribution in [3.8, 4) is 11.5 Å². The van der Waals surface area contributed by atoms with Gasteiger partial charge in [-0.2, -0.15) is 0 Å². The highest BCUT2D eigenvalue weighted by Gasteiger charge is 2.31. The molecule has 0 unspecified atom stereocenters. The molecule has 0 aromatic heterocycles. The van der Waals surface area contributed by atoms with E-state index in [2.05, 4.69) is 10.2 Å². The van der Waals surface area contributed by atoms with Crippen molar-refractivity contribution in [2.75, 3.05) is 33.0 Å². The molecule has 6 nitrogen and oxygen atoms in total. The summed E-state index contributed by atoms with van der Waals surface area (Å²) < 4.78 is 10.8. The Kier molecular flexibility index (Phi) is 3.95. The van der Waals surface area contributed by atoms with E-state index in [0.717, 1.165) is 56.9 Å². The first-order chi connectivity index (χ1) is 11.2. The Morgan fingerprint density at radius 2 is 2.22 bits per heavy atom. The SMILES string of the molecule is O=C1NCCN1[C@H]1CCCN(Cc2cc(Cl)c3c(c2)OCO3)C1. The molecule has 3 aliphatic rings. The first-order valence-corrected chi connectivity index (χ1v) is 8.43. The van der Waals surface area contributed by atoms with E-state index < -0.39 is 0 Å². The van der Waals surface area contributed by atoms with Gasteiger partial charge in [-0.3, -0.25) is 4.90 Å². The number of nitrogens with zero attached hydrogens (tertiary/aromatic N) is 2. The summed E-state index contributed by atoms with van der Waals surface area (Å²) in [7, 11) is 0. The first-order valence-electron chi connectivity index (χ1n) is 8.05. The van der Waals surface area contributed by atoms with Crippen LogP contribution in [0.1, 0.15) is 18.4 Å². The molecule has 0 bridgehead atoms. The molecule has 4 rings (SSSR count). The quantitative estimate of drug-likeness (QED) is 0.917. The van der Waals surface area contributed by atoms with E-state index in [1.807, 2.05) is 17.0 Å². The molecule has 1 aromatic carbocycles. The van der Waals surface area contributed by atoms with E-state index in [1.165, 1.54) is 0 Å². The number of nitrogens with one attached hydrogen (secondary N) is 1. The summed E-state index contributed by atoms with van der Waals surface area (Å²) >= 11 is 6.26. The van der Waals surface area contributed by atoms with Gasteiger partial charge < -0.3 is 19.7 Å². The standard InChI is InChI=1S/C16H20ClN3O3/c17-13-6-11(7-14-15(13)23-10-22-14)8-19-4-1-2-12(9-19)20-5-3-18-16(20)21/h6-7,12H,1-5,8-10H2,(H,18,21)/t12-/m0/s1. The largest absolute Gasteiger partial charge is 0.454 e. The lowest BCUT2D eigenvalue weighted by Crippen LogP contribution is -2.48. The number of ether oxygens (including phenoxy) is 2. The normalized spacial score (nSPS) is 24.1. The zero-order valence-electron chi connectivity index (χ0n) is 12.9. The molecular formula is C16H20ClN3O3. The number of carbonyl (C=O) groups excluding carboxylic acids is 1. The molecule has 1 aromatic rings. The van der Waals surface area contributed by atoms with Crippen LogP contribution >= 0.6 is 11.6 Å². The van der Waals surface area contributed by atoms with Gasteiger partial charge in [-0.05, 0) is 37.1 Å². The topological polar surface area (TPSA) is 54.0 Å². The maximum atomic E-state index is 11.9. The predicted octanol–water partition coefficient (Wildman–Crippen LogP) is 2.06. The third kappa shape index (κ3) is 2.93. The van der Waals surface area contributed by atoms with Crippen molar-refractivity contribution in [3.05, 3.63) is 22.7 Å². The van der Waals surface area contributed by atoms with Crippen LogP contribution < -0.4 is 14.8 Å². The van der Waals surface area contributed by atoms with Gasteiger partial charge in [-0.1, -0.05) is 11.6 Å². The van der Waals surface area contributed by atoms with Gasteiger partial charge in [0, 0.05) is 32.2 Å². The predicted molar refractivity (Wildman–Crippen MR) is 86.0 cm³/mol. The van der Waals surface area contributed by atoms with Gasteiger partial charge in [0.1, 0.15) is 0 Å². The second kappa shape index (κ2) is 6.09. The average Bonchev–Trinajstić information content (AvgIpc) is 3.16. The fourth-order valence-electron chi connectivity index (χ4n) is 3.63. The lowest BCUT2D eigenvalue weighted by Gasteiger charge is -2.37. The molecule has 124 valence electrons. The van der Waals surface area contributed by atoms with E-state index >= 15 is 0 Å². The summed E-state index contributed by atoms with van der Waals surface area (Å²) in [6.07, 6.45) is 2.18. The number of halogens is 1. The summed E-state index contributed by atoms with van der Waals surface area (Å²) in [6.45, 7) is 4.55. The third-order valence-electron chi connectivity index (χ3n) is 4.70. The Labute approximate surface area is 140 Å². The van der Waals surface area contributed by atoms with Crippen LogP contribution in [0.25, 0.3) is 0 Å². The van der Waals surface area contributed by atoms with Crippen molar-refractivity contribution < 1.29 is 14.3 Å². The molecule has 7 heteroatoms. The Bertz CT molecular complexity index is 625. The van der Waals surface area contributed by atoms with Gasteiger partial charge in [0.05, 0.1) is 5.02 Å². The number of piperidine rings is 1. The molecule has 0 radical (unpaired) electrons. The molecule has 2 amide bonds. The van der Waals surface area contributed by atoms with Crippen molar-refractivity contribution in [2.45, 2.75) is 25.4 Å². The lowest BCUT2D eigenvalue weighted by atomic mass is 10.0. The van der Waals surface area contributed by atoms with Crippen molar-refractivity contribution in [2.24, 2.45) is 0 Å². The van der Waals surface area contributed by atoms with Gasteiger partial charge in [0.15, 0.2) is 11.5 Å². The monoisotopic (exact) mass is 337 g/mol. The minimum atomic E-state index is 0.0722. The number of amides is 2. The molecule has 23 heavy (non-hydrogen) atoms. The fraction of sp³-hybridized carbons (Fsp3) is 0.562. The van der Waals surface area contributed by atoms with Crippen LogP contribution in [-0.4, -0.2) is 54.8 Å². The highest BCUT2D eigenvalue weighted by Crippen LogP contribution is 2.40. The zero-order chi connectivity index (χ0) is 15.8. The van der Waals surface area contributed by atoms with Crippen LogP contribution in [0.15, 0.2) is 12.1 Å². The van der Waals surface area contributed by atoms with E-state index in [4.69, 9.17) is 21.1 Å². The molecule has 0 spiro atoms. The van der Waals surface area contributed by atoms with E-state index in [9.17, 15) is 4.79 Å². The minimum Gasteiger partial charge on any atom is -0.454 e. The first kappa shape index (κ1) is 14.9. The highest BCUT2D eigenvalue weighted by molar-refractivity contribution is 6.32. The molecule has 2 fully saturated rings. The summed E-state index contributed by atoms with van der Waals surface area (Å²) in [5, 5.41) is 3.49. The van der Waals surface area contributed by atoms with Gasteiger partial charge in [0.25, 0.3) is 0 Å².